The van der Waals surface area contributed by atoms with Crippen molar-refractivity contribution in [2.24, 2.45) is 0 Å². The zero-order valence-electron chi connectivity index (χ0n) is 17.1. The molecule has 0 atom stereocenters. The maximum atomic E-state index is 14.3. The van der Waals surface area contributed by atoms with Crippen LogP contribution in [-0.2, 0) is 26.0 Å². The van der Waals surface area contributed by atoms with Crippen LogP contribution in [0, 0.1) is 5.82 Å². The van der Waals surface area contributed by atoms with Crippen molar-refractivity contribution < 1.29 is 31.9 Å². The van der Waals surface area contributed by atoms with Crippen molar-refractivity contribution in [2.75, 3.05) is 44.4 Å². The van der Waals surface area contributed by atoms with Gasteiger partial charge in [0.25, 0.3) is 5.91 Å². The summed E-state index contributed by atoms with van der Waals surface area (Å²) in [5, 5.41) is 2.60. The number of nitrogens with zero attached hydrogens (tertiary/aromatic N) is 2. The highest BCUT2D eigenvalue weighted by atomic mass is 32.2. The van der Waals surface area contributed by atoms with Crippen molar-refractivity contribution in [3.05, 3.63) is 59.4 Å². The topological polar surface area (TPSA) is 105 Å². The molecule has 0 unspecified atom stereocenters. The van der Waals surface area contributed by atoms with Gasteiger partial charge in [-0.2, -0.15) is 4.31 Å². The van der Waals surface area contributed by atoms with Crippen LogP contribution in [0.5, 0.6) is 0 Å². The van der Waals surface area contributed by atoms with Crippen LogP contribution in [0.1, 0.15) is 15.9 Å². The lowest BCUT2D eigenvalue weighted by Crippen LogP contribution is -2.40. The molecule has 1 N–H and O–H groups in total. The zero-order chi connectivity index (χ0) is 22.7. The predicted octanol–water partition coefficient (Wildman–Crippen LogP) is 1.73. The van der Waals surface area contributed by atoms with Gasteiger partial charge in [0.05, 0.1) is 30.2 Å². The van der Waals surface area contributed by atoms with Gasteiger partial charge in [0.15, 0.2) is 0 Å². The van der Waals surface area contributed by atoms with E-state index in [1.807, 2.05) is 0 Å². The summed E-state index contributed by atoms with van der Waals surface area (Å²) in [6, 6.07) is 10.1. The zero-order valence-corrected chi connectivity index (χ0v) is 17.9. The van der Waals surface area contributed by atoms with E-state index < -0.39 is 27.8 Å². The molecule has 0 radical (unpaired) electrons. The molecule has 0 bridgehead atoms. The van der Waals surface area contributed by atoms with Crippen LogP contribution in [0.3, 0.4) is 0 Å². The van der Waals surface area contributed by atoms with E-state index in [0.717, 1.165) is 18.2 Å². The molecular formula is C21H22FN3O6S. The number of benzene rings is 2. The van der Waals surface area contributed by atoms with Gasteiger partial charge in [-0.1, -0.05) is 12.1 Å². The van der Waals surface area contributed by atoms with Gasteiger partial charge >= 0.3 is 6.09 Å². The van der Waals surface area contributed by atoms with E-state index in [2.05, 4.69) is 5.32 Å². The Morgan fingerprint density at radius 1 is 1.06 bits per heavy atom. The van der Waals surface area contributed by atoms with E-state index in [1.54, 1.807) is 24.3 Å². The fourth-order valence-electron chi connectivity index (χ4n) is 3.51. The number of anilines is 1. The van der Waals surface area contributed by atoms with E-state index in [9.17, 15) is 22.4 Å². The minimum absolute atomic E-state index is 0.0649. The highest BCUT2D eigenvalue weighted by Crippen LogP contribution is 2.22. The van der Waals surface area contributed by atoms with Crippen molar-refractivity contribution in [2.45, 2.75) is 11.4 Å². The first-order valence-corrected chi connectivity index (χ1v) is 11.5. The number of hydrogen-bond donors (Lipinski definition) is 1. The lowest BCUT2D eigenvalue weighted by atomic mass is 10.1. The number of halogens is 1. The lowest BCUT2D eigenvalue weighted by molar-refractivity contribution is 0.0730. The number of cyclic esters (lactones) is 1. The Morgan fingerprint density at radius 2 is 1.84 bits per heavy atom. The smallest absolute Gasteiger partial charge is 0.414 e. The molecule has 2 fully saturated rings. The molecule has 2 amide bonds. The van der Waals surface area contributed by atoms with Gasteiger partial charge in [-0.25, -0.2) is 17.6 Å². The average molecular weight is 463 g/mol. The molecule has 9 nitrogen and oxygen atoms in total. The first kappa shape index (κ1) is 22.2. The van der Waals surface area contributed by atoms with Crippen molar-refractivity contribution in [1.82, 2.24) is 9.62 Å². The Labute approximate surface area is 184 Å². The summed E-state index contributed by atoms with van der Waals surface area (Å²) in [6.07, 6.45) is -0.438. The number of rotatable bonds is 6. The molecule has 0 saturated carbocycles. The van der Waals surface area contributed by atoms with Crippen LogP contribution in [-0.4, -0.2) is 64.2 Å². The molecule has 2 saturated heterocycles. The van der Waals surface area contributed by atoms with Crippen LogP contribution in [0.2, 0.25) is 0 Å². The first-order chi connectivity index (χ1) is 15.4. The third-order valence-corrected chi connectivity index (χ3v) is 7.12. The summed E-state index contributed by atoms with van der Waals surface area (Å²) in [5.74, 6) is -1.57. The number of hydrogen-bond acceptors (Lipinski definition) is 6. The minimum Gasteiger partial charge on any atom is -0.447 e. The van der Waals surface area contributed by atoms with Gasteiger partial charge in [0.2, 0.25) is 10.0 Å². The molecule has 2 heterocycles. The van der Waals surface area contributed by atoms with Crippen molar-refractivity contribution >= 4 is 27.7 Å². The molecular weight excluding hydrogens is 441 g/mol. The number of nitrogens with one attached hydrogen (secondary N) is 1. The maximum Gasteiger partial charge on any atom is 0.414 e. The third kappa shape index (κ3) is 4.59. The second kappa shape index (κ2) is 9.23. The lowest BCUT2D eigenvalue weighted by Gasteiger charge is -2.26. The first-order valence-electron chi connectivity index (χ1n) is 10.0. The van der Waals surface area contributed by atoms with Gasteiger partial charge in [-0.05, 0) is 35.9 Å². The summed E-state index contributed by atoms with van der Waals surface area (Å²) in [4.78, 5) is 25.7. The van der Waals surface area contributed by atoms with E-state index in [4.69, 9.17) is 9.47 Å². The van der Waals surface area contributed by atoms with E-state index in [-0.39, 0.29) is 43.3 Å². The average Bonchev–Trinajstić information content (AvgIpc) is 3.24. The molecule has 2 aromatic rings. The van der Waals surface area contributed by atoms with Gasteiger partial charge in [0, 0.05) is 25.3 Å². The molecule has 0 spiro atoms. The molecule has 2 aromatic carbocycles. The van der Waals surface area contributed by atoms with Crippen LogP contribution in [0.15, 0.2) is 47.4 Å². The summed E-state index contributed by atoms with van der Waals surface area (Å²) in [5.41, 5.74) is 0.954. The molecule has 2 aliphatic heterocycles. The van der Waals surface area contributed by atoms with E-state index in [0.29, 0.717) is 24.4 Å². The fourth-order valence-corrected chi connectivity index (χ4v) is 4.95. The van der Waals surface area contributed by atoms with Gasteiger partial charge in [0.1, 0.15) is 12.4 Å². The Kier molecular flexibility index (Phi) is 6.40. The number of sulfonamides is 1. The fraction of sp³-hybridized carbons (Fsp3) is 0.333. The molecule has 0 aliphatic carbocycles. The van der Waals surface area contributed by atoms with Crippen LogP contribution in [0.25, 0.3) is 0 Å². The maximum absolute atomic E-state index is 14.3. The van der Waals surface area contributed by atoms with Crippen LogP contribution >= 0.6 is 0 Å². The van der Waals surface area contributed by atoms with Gasteiger partial charge in [-0.15, -0.1) is 0 Å². The number of morpholine rings is 1. The second-order valence-corrected chi connectivity index (χ2v) is 9.21. The molecule has 0 aromatic heterocycles. The minimum atomic E-state index is -3.86. The number of amides is 2. The second-order valence-electron chi connectivity index (χ2n) is 7.28. The Balaban J connectivity index is 1.48. The van der Waals surface area contributed by atoms with Crippen molar-refractivity contribution in [1.29, 1.82) is 0 Å². The summed E-state index contributed by atoms with van der Waals surface area (Å²) in [6.45, 7) is 1.76. The van der Waals surface area contributed by atoms with E-state index >= 15 is 0 Å². The number of carbonyl (C=O) groups is 2. The Bertz CT molecular complexity index is 1130. The molecule has 11 heteroatoms. The summed E-state index contributed by atoms with van der Waals surface area (Å²) >= 11 is 0. The summed E-state index contributed by atoms with van der Waals surface area (Å²) < 4.78 is 51.3. The normalized spacial score (nSPS) is 17.3. The molecule has 170 valence electrons. The molecule has 32 heavy (non-hydrogen) atoms. The predicted molar refractivity (Wildman–Crippen MR) is 112 cm³/mol. The van der Waals surface area contributed by atoms with Gasteiger partial charge in [-0.3, -0.25) is 9.69 Å². The standard InChI is InChI=1S/C21H22FN3O6S/c22-19-5-4-17(32(28,29)24-6-9-30-10-7-24)13-18(19)20(26)23-14-15-2-1-3-16(12-15)25-8-11-31-21(25)27/h1-5,12-13H,6-11,14H2,(H,23,26). The molecule has 4 rings (SSSR count). The van der Waals surface area contributed by atoms with Crippen molar-refractivity contribution in [3.63, 3.8) is 0 Å². The highest BCUT2D eigenvalue weighted by molar-refractivity contribution is 7.89. The Hall–Kier alpha value is -3.02. The van der Waals surface area contributed by atoms with Crippen molar-refractivity contribution in [3.8, 4) is 0 Å². The number of ether oxygens (including phenoxy) is 2. The third-order valence-electron chi connectivity index (χ3n) is 5.23. The monoisotopic (exact) mass is 463 g/mol. The SMILES string of the molecule is O=C(NCc1cccc(N2CCOC2=O)c1)c1cc(S(=O)(=O)N2CCOCC2)ccc1F. The van der Waals surface area contributed by atoms with E-state index in [1.165, 1.54) is 9.21 Å². The summed E-state index contributed by atoms with van der Waals surface area (Å²) in [7, 11) is -3.86. The van der Waals surface area contributed by atoms with Crippen LogP contribution < -0.4 is 10.2 Å². The quantitative estimate of drug-likeness (QED) is 0.700. The van der Waals surface area contributed by atoms with Crippen LogP contribution in [0.4, 0.5) is 14.9 Å². The molecule has 2 aliphatic rings. The largest absolute Gasteiger partial charge is 0.447 e. The highest BCUT2D eigenvalue weighted by Gasteiger charge is 2.28. The Morgan fingerprint density at radius 3 is 2.56 bits per heavy atom. The van der Waals surface area contributed by atoms with Gasteiger partial charge < -0.3 is 14.8 Å². The number of carbonyl (C=O) groups excluding carboxylic acids is 2.